The molecule has 0 unspecified atom stereocenters. The summed E-state index contributed by atoms with van der Waals surface area (Å²) in [5.41, 5.74) is 3.65. The topological polar surface area (TPSA) is 29.9 Å². The van der Waals surface area contributed by atoms with Crippen LogP contribution in [-0.4, -0.2) is 16.3 Å². The Morgan fingerprint density at radius 2 is 2.18 bits per heavy atom. The Balaban J connectivity index is 1.90. The van der Waals surface area contributed by atoms with Crippen molar-refractivity contribution >= 4 is 21.6 Å². The Kier molecular flexibility index (Phi) is 3.84. The van der Waals surface area contributed by atoms with Gasteiger partial charge >= 0.3 is 0 Å². The number of anilines is 1. The Morgan fingerprint density at radius 3 is 2.82 bits per heavy atom. The minimum Gasteiger partial charge on any atom is -0.385 e. The van der Waals surface area contributed by atoms with Crippen LogP contribution in [0.1, 0.15) is 11.3 Å². The molecule has 0 saturated carbocycles. The zero-order valence-electron chi connectivity index (χ0n) is 10.1. The summed E-state index contributed by atoms with van der Waals surface area (Å²) in [6.45, 7) is 3.01. The molecule has 3 nitrogen and oxygen atoms in total. The lowest BCUT2D eigenvalue weighted by Crippen LogP contribution is -2.08. The molecule has 0 aliphatic carbocycles. The van der Waals surface area contributed by atoms with E-state index in [1.165, 1.54) is 11.3 Å². The molecule has 90 valence electrons. The smallest absolute Gasteiger partial charge is 0.0492 e. The molecule has 0 bridgehead atoms. The maximum Gasteiger partial charge on any atom is 0.0492 e. The lowest BCUT2D eigenvalue weighted by atomic mass is 10.2. The molecule has 0 spiro atoms. The van der Waals surface area contributed by atoms with Gasteiger partial charge in [-0.2, -0.15) is 5.10 Å². The highest BCUT2D eigenvalue weighted by molar-refractivity contribution is 9.10. The molecule has 0 aliphatic rings. The zero-order chi connectivity index (χ0) is 12.3. The van der Waals surface area contributed by atoms with Crippen LogP contribution >= 0.6 is 15.9 Å². The fourth-order valence-electron chi connectivity index (χ4n) is 1.74. The molecule has 0 amide bonds. The van der Waals surface area contributed by atoms with Gasteiger partial charge in [-0.05, 0) is 36.8 Å². The van der Waals surface area contributed by atoms with E-state index in [1.54, 1.807) is 0 Å². The van der Waals surface area contributed by atoms with Crippen LogP contribution < -0.4 is 5.32 Å². The lowest BCUT2D eigenvalue weighted by molar-refractivity contribution is 0.711. The van der Waals surface area contributed by atoms with Crippen molar-refractivity contribution in [2.75, 3.05) is 11.9 Å². The quantitative estimate of drug-likeness (QED) is 0.939. The van der Waals surface area contributed by atoms with Crippen LogP contribution in [0.4, 0.5) is 5.69 Å². The summed E-state index contributed by atoms with van der Waals surface area (Å²) in [7, 11) is 1.97. The molecule has 2 aromatic rings. The molecule has 1 aromatic heterocycles. The van der Waals surface area contributed by atoms with Crippen LogP contribution in [0.2, 0.25) is 0 Å². The molecule has 4 heteroatoms. The maximum atomic E-state index is 4.15. The molecule has 0 aliphatic heterocycles. The predicted octanol–water partition coefficient (Wildman–Crippen LogP) is 3.15. The number of rotatable bonds is 4. The number of halogens is 1. The van der Waals surface area contributed by atoms with Crippen LogP contribution in [0.5, 0.6) is 0 Å². The van der Waals surface area contributed by atoms with Crippen LogP contribution in [-0.2, 0) is 13.5 Å². The normalized spacial score (nSPS) is 10.5. The number of hydrogen-bond donors (Lipinski definition) is 1. The minimum atomic E-state index is 0.917. The van der Waals surface area contributed by atoms with Gasteiger partial charge in [-0.15, -0.1) is 0 Å². The second-order valence-corrected chi connectivity index (χ2v) is 4.94. The largest absolute Gasteiger partial charge is 0.385 e. The minimum absolute atomic E-state index is 0.917. The average Bonchev–Trinajstić information content (AvgIpc) is 2.70. The maximum absolute atomic E-state index is 4.15. The summed E-state index contributed by atoms with van der Waals surface area (Å²) in [6, 6.07) is 8.35. The molecule has 17 heavy (non-hydrogen) atoms. The van der Waals surface area contributed by atoms with Gasteiger partial charge in [0.05, 0.1) is 0 Å². The van der Waals surface area contributed by atoms with E-state index in [0.29, 0.717) is 0 Å². The highest BCUT2D eigenvalue weighted by Gasteiger charge is 1.99. The van der Waals surface area contributed by atoms with Gasteiger partial charge in [0, 0.05) is 42.1 Å². The summed E-state index contributed by atoms with van der Waals surface area (Å²) < 4.78 is 3.06. The summed E-state index contributed by atoms with van der Waals surface area (Å²) in [5.74, 6) is 0. The SMILES string of the molecule is Cc1cc(NCCc2ccnn2C)ccc1Br. The first-order valence-corrected chi connectivity index (χ1v) is 6.43. The number of benzene rings is 1. The highest BCUT2D eigenvalue weighted by Crippen LogP contribution is 2.19. The van der Waals surface area contributed by atoms with E-state index in [4.69, 9.17) is 0 Å². The summed E-state index contributed by atoms with van der Waals surface area (Å²) in [4.78, 5) is 0. The van der Waals surface area contributed by atoms with Crippen molar-refractivity contribution in [3.63, 3.8) is 0 Å². The van der Waals surface area contributed by atoms with Crippen molar-refractivity contribution < 1.29 is 0 Å². The fourth-order valence-corrected chi connectivity index (χ4v) is 1.98. The standard InChI is InChI=1S/C13H16BrN3/c1-10-9-11(3-4-13(10)14)15-7-5-12-6-8-16-17(12)2/h3-4,6,8-9,15H,5,7H2,1-2H3. The number of aryl methyl sites for hydroxylation is 2. The third kappa shape index (κ3) is 3.09. The van der Waals surface area contributed by atoms with Crippen molar-refractivity contribution in [2.24, 2.45) is 7.05 Å². The fraction of sp³-hybridized carbons (Fsp3) is 0.308. The van der Waals surface area contributed by atoms with E-state index < -0.39 is 0 Å². The van der Waals surface area contributed by atoms with E-state index in [-0.39, 0.29) is 0 Å². The Labute approximate surface area is 110 Å². The third-order valence-electron chi connectivity index (χ3n) is 2.79. The first-order valence-electron chi connectivity index (χ1n) is 5.64. The summed E-state index contributed by atoms with van der Waals surface area (Å²) in [5, 5.41) is 7.57. The molecule has 0 atom stereocenters. The van der Waals surface area contributed by atoms with Gasteiger partial charge in [-0.25, -0.2) is 0 Å². The molecule has 0 fully saturated rings. The van der Waals surface area contributed by atoms with Crippen molar-refractivity contribution in [3.05, 3.63) is 46.2 Å². The van der Waals surface area contributed by atoms with E-state index in [9.17, 15) is 0 Å². The van der Waals surface area contributed by atoms with Crippen LogP contribution in [0, 0.1) is 6.92 Å². The van der Waals surface area contributed by atoms with E-state index >= 15 is 0 Å². The highest BCUT2D eigenvalue weighted by atomic mass is 79.9. The molecule has 0 radical (unpaired) electrons. The third-order valence-corrected chi connectivity index (χ3v) is 3.68. The van der Waals surface area contributed by atoms with Gasteiger partial charge in [0.25, 0.3) is 0 Å². The van der Waals surface area contributed by atoms with Gasteiger partial charge in [-0.3, -0.25) is 4.68 Å². The zero-order valence-corrected chi connectivity index (χ0v) is 11.7. The van der Waals surface area contributed by atoms with Gasteiger partial charge < -0.3 is 5.32 Å². The molecular weight excluding hydrogens is 278 g/mol. The van der Waals surface area contributed by atoms with Crippen molar-refractivity contribution in [2.45, 2.75) is 13.3 Å². The molecule has 1 aromatic carbocycles. The monoisotopic (exact) mass is 293 g/mol. The van der Waals surface area contributed by atoms with Crippen molar-refractivity contribution in [1.82, 2.24) is 9.78 Å². The summed E-state index contributed by atoms with van der Waals surface area (Å²) in [6.07, 6.45) is 2.81. The van der Waals surface area contributed by atoms with Crippen molar-refractivity contribution in [3.8, 4) is 0 Å². The average molecular weight is 294 g/mol. The van der Waals surface area contributed by atoms with Gasteiger partial charge in [0.1, 0.15) is 0 Å². The Bertz CT molecular complexity index is 505. The second kappa shape index (κ2) is 5.36. The summed E-state index contributed by atoms with van der Waals surface area (Å²) >= 11 is 3.50. The lowest BCUT2D eigenvalue weighted by Gasteiger charge is -2.08. The van der Waals surface area contributed by atoms with Crippen LogP contribution in [0.25, 0.3) is 0 Å². The van der Waals surface area contributed by atoms with Gasteiger partial charge in [0.15, 0.2) is 0 Å². The predicted molar refractivity (Wildman–Crippen MR) is 74.3 cm³/mol. The molecule has 1 heterocycles. The van der Waals surface area contributed by atoms with E-state index in [2.05, 4.69) is 57.5 Å². The number of nitrogens with one attached hydrogen (secondary N) is 1. The van der Waals surface area contributed by atoms with Gasteiger partial charge in [0.2, 0.25) is 0 Å². The van der Waals surface area contributed by atoms with Gasteiger partial charge in [-0.1, -0.05) is 15.9 Å². The molecule has 1 N–H and O–H groups in total. The molecular formula is C13H16BrN3. The Hall–Kier alpha value is -1.29. The van der Waals surface area contributed by atoms with Crippen LogP contribution in [0.15, 0.2) is 34.9 Å². The van der Waals surface area contributed by atoms with Crippen LogP contribution in [0.3, 0.4) is 0 Å². The second-order valence-electron chi connectivity index (χ2n) is 4.09. The van der Waals surface area contributed by atoms with E-state index in [1.807, 2.05) is 17.9 Å². The molecule has 2 rings (SSSR count). The number of aromatic nitrogens is 2. The number of nitrogens with zero attached hydrogens (tertiary/aromatic N) is 2. The van der Waals surface area contributed by atoms with Crippen molar-refractivity contribution in [1.29, 1.82) is 0 Å². The molecule has 0 saturated heterocycles. The number of hydrogen-bond acceptors (Lipinski definition) is 2. The Morgan fingerprint density at radius 1 is 1.35 bits per heavy atom. The first-order chi connectivity index (χ1) is 8.16. The van der Waals surface area contributed by atoms with E-state index in [0.717, 1.165) is 23.1 Å². The first kappa shape index (κ1) is 12.2.